The third-order valence-electron chi connectivity index (χ3n) is 4.87. The predicted octanol–water partition coefficient (Wildman–Crippen LogP) is 3.17. The van der Waals surface area contributed by atoms with E-state index >= 15 is 0 Å². The Morgan fingerprint density at radius 2 is 2.00 bits per heavy atom. The first-order chi connectivity index (χ1) is 12.5. The van der Waals surface area contributed by atoms with Crippen LogP contribution < -0.4 is 5.32 Å². The minimum Gasteiger partial charge on any atom is -0.478 e. The van der Waals surface area contributed by atoms with Gasteiger partial charge in [-0.2, -0.15) is 0 Å². The van der Waals surface area contributed by atoms with E-state index in [0.717, 1.165) is 24.9 Å². The van der Waals surface area contributed by atoms with E-state index in [9.17, 15) is 14.7 Å². The number of nitrogens with one attached hydrogen (secondary N) is 1. The highest BCUT2D eigenvalue weighted by Crippen LogP contribution is 2.25. The second-order valence-corrected chi connectivity index (χ2v) is 6.61. The molecule has 6 heteroatoms. The summed E-state index contributed by atoms with van der Waals surface area (Å²) >= 11 is 0. The lowest BCUT2D eigenvalue weighted by Gasteiger charge is -2.10. The van der Waals surface area contributed by atoms with E-state index in [4.69, 9.17) is 0 Å². The molecule has 0 atom stereocenters. The maximum Gasteiger partial charge on any atom is 0.337 e. The van der Waals surface area contributed by atoms with Gasteiger partial charge in [0.15, 0.2) is 0 Å². The SMILES string of the molecule is Cc1nc2cccc(C(=O)O)c2n1CC(=O)Nc1ccc2c(c1)CCC2. The summed E-state index contributed by atoms with van der Waals surface area (Å²) in [6.07, 6.45) is 3.30. The molecule has 0 spiro atoms. The lowest BCUT2D eigenvalue weighted by Crippen LogP contribution is -2.20. The molecule has 1 aliphatic carbocycles. The number of hydrogen-bond acceptors (Lipinski definition) is 3. The van der Waals surface area contributed by atoms with Crippen LogP contribution in [0.4, 0.5) is 5.69 Å². The molecule has 1 aliphatic rings. The molecular formula is C20H19N3O3. The smallest absolute Gasteiger partial charge is 0.337 e. The van der Waals surface area contributed by atoms with Crippen molar-refractivity contribution >= 4 is 28.6 Å². The standard InChI is InChI=1S/C20H19N3O3/c1-12-21-17-7-3-6-16(20(25)26)19(17)23(12)11-18(24)22-15-9-8-13-4-2-5-14(13)10-15/h3,6-10H,2,4-5,11H2,1H3,(H,22,24)(H,25,26). The van der Waals surface area contributed by atoms with Crippen molar-refractivity contribution in [3.63, 3.8) is 0 Å². The highest BCUT2D eigenvalue weighted by molar-refractivity contribution is 6.02. The Morgan fingerprint density at radius 3 is 2.81 bits per heavy atom. The Morgan fingerprint density at radius 1 is 1.19 bits per heavy atom. The number of fused-ring (bicyclic) bond motifs is 2. The van der Waals surface area contributed by atoms with Gasteiger partial charge in [-0.3, -0.25) is 4.79 Å². The maximum atomic E-state index is 12.5. The van der Waals surface area contributed by atoms with Crippen LogP contribution in [0.5, 0.6) is 0 Å². The topological polar surface area (TPSA) is 84.2 Å². The quantitative estimate of drug-likeness (QED) is 0.758. The summed E-state index contributed by atoms with van der Waals surface area (Å²) in [6.45, 7) is 1.79. The lowest BCUT2D eigenvalue weighted by atomic mass is 10.1. The normalized spacial score (nSPS) is 13.0. The van der Waals surface area contributed by atoms with Crippen LogP contribution in [0.3, 0.4) is 0 Å². The molecule has 0 unspecified atom stereocenters. The summed E-state index contributed by atoms with van der Waals surface area (Å²) in [7, 11) is 0. The zero-order valence-electron chi connectivity index (χ0n) is 14.5. The van der Waals surface area contributed by atoms with Crippen molar-refractivity contribution in [2.75, 3.05) is 5.32 Å². The van der Waals surface area contributed by atoms with Crippen LogP contribution in [0, 0.1) is 6.92 Å². The van der Waals surface area contributed by atoms with Gasteiger partial charge in [0.2, 0.25) is 5.91 Å². The molecule has 4 rings (SSSR count). The average molecular weight is 349 g/mol. The Hall–Kier alpha value is -3.15. The van der Waals surface area contributed by atoms with Gasteiger partial charge in [0, 0.05) is 5.69 Å². The number of aromatic carboxylic acids is 1. The number of nitrogens with zero attached hydrogens (tertiary/aromatic N) is 2. The second kappa shape index (κ2) is 6.29. The number of para-hydroxylation sites is 1. The van der Waals surface area contributed by atoms with Gasteiger partial charge in [-0.1, -0.05) is 12.1 Å². The van der Waals surface area contributed by atoms with Crippen LogP contribution >= 0.6 is 0 Å². The number of imidazole rings is 1. The first kappa shape index (κ1) is 16.3. The van der Waals surface area contributed by atoms with Crippen molar-refractivity contribution in [3.8, 4) is 0 Å². The number of rotatable bonds is 4. The summed E-state index contributed by atoms with van der Waals surface area (Å²) in [5.41, 5.74) is 4.62. The Labute approximate surface area is 150 Å². The Balaban J connectivity index is 1.62. The molecule has 1 heterocycles. The first-order valence-corrected chi connectivity index (χ1v) is 8.64. The van der Waals surface area contributed by atoms with E-state index in [1.165, 1.54) is 17.2 Å². The molecular weight excluding hydrogens is 330 g/mol. The van der Waals surface area contributed by atoms with E-state index in [0.29, 0.717) is 16.9 Å². The van der Waals surface area contributed by atoms with Gasteiger partial charge in [0.05, 0.1) is 16.6 Å². The number of aryl methyl sites for hydroxylation is 3. The molecule has 26 heavy (non-hydrogen) atoms. The molecule has 1 amide bonds. The van der Waals surface area contributed by atoms with E-state index in [1.807, 2.05) is 12.1 Å². The molecule has 3 aromatic rings. The van der Waals surface area contributed by atoms with Gasteiger partial charge in [-0.15, -0.1) is 0 Å². The number of carbonyl (C=O) groups excluding carboxylic acids is 1. The van der Waals surface area contributed by atoms with Crippen molar-refractivity contribution in [1.82, 2.24) is 9.55 Å². The number of aromatic nitrogens is 2. The van der Waals surface area contributed by atoms with E-state index in [-0.39, 0.29) is 18.0 Å². The Bertz CT molecular complexity index is 1040. The third-order valence-corrected chi connectivity index (χ3v) is 4.87. The van der Waals surface area contributed by atoms with Crippen LogP contribution in [-0.4, -0.2) is 26.5 Å². The average Bonchev–Trinajstić information content (AvgIpc) is 3.18. The maximum absolute atomic E-state index is 12.5. The van der Waals surface area contributed by atoms with Crippen molar-refractivity contribution < 1.29 is 14.7 Å². The monoisotopic (exact) mass is 349 g/mol. The zero-order valence-corrected chi connectivity index (χ0v) is 14.5. The molecule has 0 fully saturated rings. The van der Waals surface area contributed by atoms with Crippen LogP contribution in [0.2, 0.25) is 0 Å². The van der Waals surface area contributed by atoms with Crippen molar-refractivity contribution in [2.24, 2.45) is 0 Å². The van der Waals surface area contributed by atoms with Gasteiger partial charge >= 0.3 is 5.97 Å². The van der Waals surface area contributed by atoms with E-state index in [1.54, 1.807) is 23.6 Å². The lowest BCUT2D eigenvalue weighted by molar-refractivity contribution is -0.116. The minimum absolute atomic E-state index is 0.0176. The van der Waals surface area contributed by atoms with Crippen molar-refractivity contribution in [1.29, 1.82) is 0 Å². The number of benzene rings is 2. The van der Waals surface area contributed by atoms with E-state index in [2.05, 4.69) is 16.4 Å². The number of carbonyl (C=O) groups is 2. The summed E-state index contributed by atoms with van der Waals surface area (Å²) in [4.78, 5) is 28.5. The minimum atomic E-state index is -1.03. The highest BCUT2D eigenvalue weighted by atomic mass is 16.4. The molecule has 0 aliphatic heterocycles. The van der Waals surface area contributed by atoms with Gasteiger partial charge in [-0.25, -0.2) is 9.78 Å². The van der Waals surface area contributed by atoms with Gasteiger partial charge in [-0.05, 0) is 61.6 Å². The van der Waals surface area contributed by atoms with Gasteiger partial charge < -0.3 is 15.0 Å². The summed E-state index contributed by atoms with van der Waals surface area (Å²) in [5.74, 6) is -0.626. The molecule has 0 saturated heterocycles. The van der Waals surface area contributed by atoms with Crippen LogP contribution in [0.15, 0.2) is 36.4 Å². The van der Waals surface area contributed by atoms with Crippen LogP contribution in [0.25, 0.3) is 11.0 Å². The molecule has 0 bridgehead atoms. The fourth-order valence-corrected chi connectivity index (χ4v) is 3.66. The van der Waals surface area contributed by atoms with Crippen LogP contribution in [0.1, 0.15) is 33.7 Å². The number of anilines is 1. The zero-order chi connectivity index (χ0) is 18.3. The first-order valence-electron chi connectivity index (χ1n) is 8.64. The largest absolute Gasteiger partial charge is 0.478 e. The predicted molar refractivity (Wildman–Crippen MR) is 98.5 cm³/mol. The summed E-state index contributed by atoms with van der Waals surface area (Å²) < 4.78 is 1.65. The molecule has 132 valence electrons. The molecule has 1 aromatic heterocycles. The highest BCUT2D eigenvalue weighted by Gasteiger charge is 2.18. The van der Waals surface area contributed by atoms with E-state index < -0.39 is 5.97 Å². The van der Waals surface area contributed by atoms with Crippen molar-refractivity contribution in [3.05, 3.63) is 58.9 Å². The number of hydrogen-bond donors (Lipinski definition) is 2. The molecule has 0 saturated carbocycles. The molecule has 2 N–H and O–H groups in total. The van der Waals surface area contributed by atoms with Crippen molar-refractivity contribution in [2.45, 2.75) is 32.7 Å². The van der Waals surface area contributed by atoms with Gasteiger partial charge in [0.25, 0.3) is 0 Å². The molecule has 0 radical (unpaired) electrons. The molecule has 6 nitrogen and oxygen atoms in total. The van der Waals surface area contributed by atoms with Gasteiger partial charge in [0.1, 0.15) is 12.4 Å². The second-order valence-electron chi connectivity index (χ2n) is 6.61. The Kier molecular flexibility index (Phi) is 3.95. The fraction of sp³-hybridized carbons (Fsp3) is 0.250. The fourth-order valence-electron chi connectivity index (χ4n) is 3.66. The number of carboxylic acids is 1. The molecule has 2 aromatic carbocycles. The number of carboxylic acid groups (broad SMARTS) is 1. The summed E-state index contributed by atoms with van der Waals surface area (Å²) in [6, 6.07) is 11.0. The number of amides is 1. The van der Waals surface area contributed by atoms with Crippen LogP contribution in [-0.2, 0) is 24.2 Å². The third kappa shape index (κ3) is 2.83. The summed E-state index contributed by atoms with van der Waals surface area (Å²) in [5, 5.41) is 12.3.